The minimum atomic E-state index is 0.739. The summed E-state index contributed by atoms with van der Waals surface area (Å²) >= 11 is 5.93. The van der Waals surface area contributed by atoms with Crippen LogP contribution < -0.4 is 5.32 Å². The molecule has 0 unspecified atom stereocenters. The molecule has 0 atom stereocenters. The van der Waals surface area contributed by atoms with Crippen molar-refractivity contribution in [3.63, 3.8) is 0 Å². The summed E-state index contributed by atoms with van der Waals surface area (Å²) in [6.07, 6.45) is 1.80. The van der Waals surface area contributed by atoms with E-state index in [0.29, 0.717) is 0 Å². The Hall–Kier alpha value is -2.85. The highest BCUT2D eigenvalue weighted by Gasteiger charge is 2.12. The number of aromatic nitrogens is 3. The van der Waals surface area contributed by atoms with Crippen molar-refractivity contribution in [1.82, 2.24) is 14.5 Å². The third-order valence-corrected chi connectivity index (χ3v) is 4.31. The molecule has 1 N–H and O–H groups in total. The van der Waals surface area contributed by atoms with Crippen molar-refractivity contribution in [2.45, 2.75) is 6.54 Å². The van der Waals surface area contributed by atoms with Gasteiger partial charge < -0.3 is 9.88 Å². The van der Waals surface area contributed by atoms with Crippen molar-refractivity contribution in [1.29, 1.82) is 0 Å². The fourth-order valence-electron chi connectivity index (χ4n) is 2.87. The molecule has 0 saturated carbocycles. The third-order valence-electron chi connectivity index (χ3n) is 4.06. The number of nitrogens with one attached hydrogen (secondary N) is 1. The Morgan fingerprint density at radius 3 is 2.52 bits per heavy atom. The van der Waals surface area contributed by atoms with Gasteiger partial charge in [-0.2, -0.15) is 0 Å². The Kier molecular flexibility index (Phi) is 4.36. The van der Waals surface area contributed by atoms with Crippen LogP contribution in [0.3, 0.4) is 0 Å². The van der Waals surface area contributed by atoms with E-state index in [1.807, 2.05) is 60.7 Å². The molecule has 0 spiro atoms. The Bertz CT molecular complexity index is 978. The van der Waals surface area contributed by atoms with Crippen molar-refractivity contribution in [3.05, 3.63) is 77.9 Å². The van der Waals surface area contributed by atoms with Crippen molar-refractivity contribution in [2.75, 3.05) is 11.9 Å². The summed E-state index contributed by atoms with van der Waals surface area (Å²) < 4.78 is 2.21. The van der Waals surface area contributed by atoms with Gasteiger partial charge in [0.15, 0.2) is 5.82 Å². The number of pyridine rings is 1. The van der Waals surface area contributed by atoms with Gasteiger partial charge in [-0.3, -0.25) is 4.98 Å². The monoisotopic (exact) mass is 348 g/mol. The molecule has 0 fully saturated rings. The fourth-order valence-corrected chi connectivity index (χ4v) is 3.00. The molecule has 2 heterocycles. The maximum absolute atomic E-state index is 5.93. The quantitative estimate of drug-likeness (QED) is 0.560. The van der Waals surface area contributed by atoms with Crippen LogP contribution in [0.25, 0.3) is 22.6 Å². The van der Waals surface area contributed by atoms with E-state index in [4.69, 9.17) is 16.6 Å². The smallest absolute Gasteiger partial charge is 0.159 e. The lowest BCUT2D eigenvalue weighted by Crippen LogP contribution is -2.11. The standard InChI is InChI=1S/C20H17ClN4/c21-15-8-10-16(11-9-15)22-13-14-25-19-7-2-1-5-17(19)24-20(25)18-6-3-4-12-23-18/h1-12,22H,13-14H2. The van der Waals surface area contributed by atoms with Crippen molar-refractivity contribution in [3.8, 4) is 11.5 Å². The number of hydrogen-bond acceptors (Lipinski definition) is 3. The van der Waals surface area contributed by atoms with Crippen LogP contribution in [0.2, 0.25) is 5.02 Å². The molecule has 0 radical (unpaired) electrons. The van der Waals surface area contributed by atoms with Crippen LogP contribution in [-0.2, 0) is 6.54 Å². The Labute approximate surface area is 151 Å². The number of halogens is 1. The Balaban J connectivity index is 1.62. The first-order chi connectivity index (χ1) is 12.3. The van der Waals surface area contributed by atoms with Gasteiger partial charge in [0.25, 0.3) is 0 Å². The number of anilines is 1. The fraction of sp³-hybridized carbons (Fsp3) is 0.100. The van der Waals surface area contributed by atoms with Crippen LogP contribution in [0.5, 0.6) is 0 Å². The lowest BCUT2D eigenvalue weighted by molar-refractivity contribution is 0.755. The first kappa shape index (κ1) is 15.7. The molecule has 4 nitrogen and oxygen atoms in total. The predicted molar refractivity (Wildman–Crippen MR) is 103 cm³/mol. The number of fused-ring (bicyclic) bond motifs is 1. The summed E-state index contributed by atoms with van der Waals surface area (Å²) in [4.78, 5) is 9.24. The van der Waals surface area contributed by atoms with Crippen LogP contribution in [0, 0.1) is 0 Å². The molecule has 0 aliphatic rings. The topological polar surface area (TPSA) is 42.7 Å². The molecule has 2 aromatic heterocycles. The number of hydrogen-bond donors (Lipinski definition) is 1. The average Bonchev–Trinajstić information content (AvgIpc) is 3.03. The molecular weight excluding hydrogens is 332 g/mol. The van der Waals surface area contributed by atoms with E-state index in [-0.39, 0.29) is 0 Å². The predicted octanol–water partition coefficient (Wildman–Crippen LogP) is 4.86. The molecule has 0 amide bonds. The second-order valence-electron chi connectivity index (χ2n) is 5.72. The van der Waals surface area contributed by atoms with Gasteiger partial charge in [-0.05, 0) is 48.5 Å². The largest absolute Gasteiger partial charge is 0.383 e. The summed E-state index contributed by atoms with van der Waals surface area (Å²) in [5.41, 5.74) is 4.02. The summed E-state index contributed by atoms with van der Waals surface area (Å²) in [5, 5.41) is 4.17. The number of benzene rings is 2. The second kappa shape index (κ2) is 6.95. The van der Waals surface area contributed by atoms with E-state index in [0.717, 1.165) is 46.4 Å². The number of nitrogens with zero attached hydrogens (tertiary/aromatic N) is 3. The Morgan fingerprint density at radius 1 is 0.920 bits per heavy atom. The molecule has 0 aliphatic carbocycles. The highest BCUT2D eigenvalue weighted by atomic mass is 35.5. The van der Waals surface area contributed by atoms with Crippen LogP contribution in [-0.4, -0.2) is 21.1 Å². The molecule has 124 valence electrons. The van der Waals surface area contributed by atoms with Gasteiger partial charge in [-0.1, -0.05) is 29.8 Å². The van der Waals surface area contributed by atoms with Crippen LogP contribution >= 0.6 is 11.6 Å². The summed E-state index contributed by atoms with van der Waals surface area (Å²) in [7, 11) is 0. The first-order valence-electron chi connectivity index (χ1n) is 8.17. The van der Waals surface area contributed by atoms with Gasteiger partial charge in [0, 0.05) is 30.0 Å². The van der Waals surface area contributed by atoms with E-state index < -0.39 is 0 Å². The van der Waals surface area contributed by atoms with Gasteiger partial charge in [0.2, 0.25) is 0 Å². The van der Waals surface area contributed by atoms with E-state index in [1.54, 1.807) is 6.20 Å². The zero-order chi connectivity index (χ0) is 17.1. The zero-order valence-electron chi connectivity index (χ0n) is 13.6. The average molecular weight is 349 g/mol. The second-order valence-corrected chi connectivity index (χ2v) is 6.16. The third kappa shape index (κ3) is 3.35. The van der Waals surface area contributed by atoms with E-state index >= 15 is 0 Å². The molecule has 5 heteroatoms. The molecule has 0 aliphatic heterocycles. The molecule has 2 aromatic carbocycles. The summed E-state index contributed by atoms with van der Waals surface area (Å²) in [6, 6.07) is 21.8. The zero-order valence-corrected chi connectivity index (χ0v) is 14.3. The molecule has 0 saturated heterocycles. The van der Waals surface area contributed by atoms with Crippen LogP contribution in [0.4, 0.5) is 5.69 Å². The summed E-state index contributed by atoms with van der Waals surface area (Å²) in [6.45, 7) is 1.57. The van der Waals surface area contributed by atoms with Gasteiger partial charge in [-0.15, -0.1) is 0 Å². The highest BCUT2D eigenvalue weighted by molar-refractivity contribution is 6.30. The number of rotatable bonds is 5. The van der Waals surface area contributed by atoms with E-state index in [2.05, 4.69) is 20.9 Å². The molecule has 0 bridgehead atoms. The van der Waals surface area contributed by atoms with Crippen molar-refractivity contribution in [2.24, 2.45) is 0 Å². The minimum Gasteiger partial charge on any atom is -0.383 e. The van der Waals surface area contributed by atoms with Crippen LogP contribution in [0.15, 0.2) is 72.9 Å². The van der Waals surface area contributed by atoms with Crippen molar-refractivity contribution < 1.29 is 0 Å². The molecule has 4 aromatic rings. The van der Waals surface area contributed by atoms with Gasteiger partial charge in [0.05, 0.1) is 11.0 Å². The maximum atomic E-state index is 5.93. The first-order valence-corrected chi connectivity index (χ1v) is 8.55. The van der Waals surface area contributed by atoms with Crippen LogP contribution in [0.1, 0.15) is 0 Å². The van der Waals surface area contributed by atoms with Gasteiger partial charge in [0.1, 0.15) is 5.69 Å². The maximum Gasteiger partial charge on any atom is 0.159 e. The lowest BCUT2D eigenvalue weighted by atomic mass is 10.3. The summed E-state index contributed by atoms with van der Waals surface area (Å²) in [5.74, 6) is 0.889. The SMILES string of the molecule is Clc1ccc(NCCn2c(-c3ccccn3)nc3ccccc32)cc1. The lowest BCUT2D eigenvalue weighted by Gasteiger charge is -2.11. The molecule has 4 rings (SSSR count). The van der Waals surface area contributed by atoms with E-state index in [9.17, 15) is 0 Å². The molecule has 25 heavy (non-hydrogen) atoms. The molecular formula is C20H17ClN4. The highest BCUT2D eigenvalue weighted by Crippen LogP contribution is 2.23. The van der Waals surface area contributed by atoms with E-state index in [1.165, 1.54) is 0 Å². The van der Waals surface area contributed by atoms with Gasteiger partial charge >= 0.3 is 0 Å². The van der Waals surface area contributed by atoms with Crippen molar-refractivity contribution >= 4 is 28.3 Å². The number of imidazole rings is 1. The Morgan fingerprint density at radius 2 is 1.72 bits per heavy atom. The van der Waals surface area contributed by atoms with Gasteiger partial charge in [-0.25, -0.2) is 4.98 Å². The minimum absolute atomic E-state index is 0.739. The number of para-hydroxylation sites is 2. The normalized spacial score (nSPS) is 10.9.